The number of hydrogen-bond donors (Lipinski definition) is 0. The van der Waals surface area contributed by atoms with Gasteiger partial charge in [-0.05, 0) is 50.2 Å². The molecule has 0 bridgehead atoms. The first kappa shape index (κ1) is 19.8. The van der Waals surface area contributed by atoms with Crippen LogP contribution >= 0.6 is 0 Å². The highest BCUT2D eigenvalue weighted by Crippen LogP contribution is 2.33. The van der Waals surface area contributed by atoms with Crippen LogP contribution in [0.5, 0.6) is 0 Å². The van der Waals surface area contributed by atoms with Crippen molar-refractivity contribution in [1.82, 2.24) is 14.8 Å². The Morgan fingerprint density at radius 1 is 1.00 bits per heavy atom. The van der Waals surface area contributed by atoms with E-state index >= 15 is 0 Å². The monoisotopic (exact) mass is 371 g/mol. The topological polar surface area (TPSA) is 53.5 Å². The zero-order chi connectivity index (χ0) is 19.1. The van der Waals surface area contributed by atoms with E-state index in [2.05, 4.69) is 11.9 Å². The second-order valence-corrected chi connectivity index (χ2v) is 8.07. The minimum Gasteiger partial charge on any atom is -0.341 e. The minimum atomic E-state index is 0.0446. The van der Waals surface area contributed by atoms with Gasteiger partial charge in [-0.25, -0.2) is 0 Å². The lowest BCUT2D eigenvalue weighted by atomic mass is 9.79. The summed E-state index contributed by atoms with van der Waals surface area (Å²) in [7, 11) is 0. The Labute approximate surface area is 163 Å². The fraction of sp³-hybridized carbons (Fsp3) is 0.682. The lowest BCUT2D eigenvalue weighted by Crippen LogP contribution is -2.41. The van der Waals surface area contributed by atoms with Crippen molar-refractivity contribution in [2.45, 2.75) is 58.3 Å². The van der Waals surface area contributed by atoms with Gasteiger partial charge in [-0.2, -0.15) is 0 Å². The van der Waals surface area contributed by atoms with E-state index in [0.717, 1.165) is 31.7 Å². The van der Waals surface area contributed by atoms with Gasteiger partial charge in [0.25, 0.3) is 5.91 Å². The van der Waals surface area contributed by atoms with Crippen molar-refractivity contribution < 1.29 is 9.59 Å². The fourth-order valence-corrected chi connectivity index (χ4v) is 4.47. The normalized spacial score (nSPS) is 23.7. The van der Waals surface area contributed by atoms with E-state index in [9.17, 15) is 9.59 Å². The molecule has 1 aromatic rings. The molecule has 2 fully saturated rings. The predicted octanol–water partition coefficient (Wildman–Crippen LogP) is 3.75. The molecule has 0 N–H and O–H groups in total. The van der Waals surface area contributed by atoms with E-state index in [1.54, 1.807) is 24.5 Å². The van der Waals surface area contributed by atoms with Gasteiger partial charge in [0.2, 0.25) is 5.91 Å². The van der Waals surface area contributed by atoms with Gasteiger partial charge in [0.1, 0.15) is 0 Å². The number of amides is 2. The van der Waals surface area contributed by atoms with Gasteiger partial charge in [0, 0.05) is 50.1 Å². The number of carbonyl (C=O) groups is 2. The average molecular weight is 372 g/mol. The standard InChI is InChI=1S/C22H33N3O2/c1-2-3-5-18-6-8-19(9-7-18)21(26)24-14-4-15-25(17-16-24)22(27)20-10-12-23-13-11-20/h10-13,18-19H,2-9,14-17H2,1H3. The van der Waals surface area contributed by atoms with Crippen LogP contribution < -0.4 is 0 Å². The lowest BCUT2D eigenvalue weighted by Gasteiger charge is -2.31. The third-order valence-corrected chi connectivity index (χ3v) is 6.18. The molecular formula is C22H33N3O2. The molecule has 0 aromatic carbocycles. The van der Waals surface area contributed by atoms with E-state index in [0.29, 0.717) is 31.1 Å². The molecule has 0 atom stereocenters. The Morgan fingerprint density at radius 2 is 1.67 bits per heavy atom. The maximum Gasteiger partial charge on any atom is 0.254 e. The van der Waals surface area contributed by atoms with Gasteiger partial charge in [-0.3, -0.25) is 14.6 Å². The van der Waals surface area contributed by atoms with E-state index in [-0.39, 0.29) is 11.8 Å². The summed E-state index contributed by atoms with van der Waals surface area (Å²) in [4.78, 5) is 33.5. The molecule has 1 aliphatic heterocycles. The van der Waals surface area contributed by atoms with Crippen molar-refractivity contribution in [3.8, 4) is 0 Å². The second kappa shape index (κ2) is 9.86. The van der Waals surface area contributed by atoms with Crippen LogP contribution in [-0.2, 0) is 4.79 Å². The minimum absolute atomic E-state index is 0.0446. The summed E-state index contributed by atoms with van der Waals surface area (Å²) in [6, 6.07) is 3.51. The third-order valence-electron chi connectivity index (χ3n) is 6.18. The van der Waals surface area contributed by atoms with Gasteiger partial charge in [-0.1, -0.05) is 26.2 Å². The van der Waals surface area contributed by atoms with Crippen LogP contribution in [0, 0.1) is 11.8 Å². The van der Waals surface area contributed by atoms with E-state index in [4.69, 9.17) is 0 Å². The molecule has 0 spiro atoms. The van der Waals surface area contributed by atoms with Crippen molar-refractivity contribution in [2.24, 2.45) is 11.8 Å². The SMILES string of the molecule is CCCCC1CCC(C(=O)N2CCCN(C(=O)c3ccncc3)CC2)CC1. The van der Waals surface area contributed by atoms with Crippen molar-refractivity contribution in [2.75, 3.05) is 26.2 Å². The summed E-state index contributed by atoms with van der Waals surface area (Å²) in [5.41, 5.74) is 0.676. The van der Waals surface area contributed by atoms with Crippen LogP contribution in [0.4, 0.5) is 0 Å². The first-order chi connectivity index (χ1) is 13.2. The Kier molecular flexibility index (Phi) is 7.25. The Bertz CT molecular complexity index is 611. The van der Waals surface area contributed by atoms with Crippen LogP contribution in [0.1, 0.15) is 68.6 Å². The highest BCUT2D eigenvalue weighted by Gasteiger charge is 2.30. The van der Waals surface area contributed by atoms with Gasteiger partial charge >= 0.3 is 0 Å². The molecule has 1 saturated heterocycles. The summed E-state index contributed by atoms with van der Waals surface area (Å²) >= 11 is 0. The quantitative estimate of drug-likeness (QED) is 0.792. The Balaban J connectivity index is 1.49. The zero-order valence-electron chi connectivity index (χ0n) is 16.6. The molecule has 2 heterocycles. The van der Waals surface area contributed by atoms with Crippen molar-refractivity contribution in [1.29, 1.82) is 0 Å². The Hall–Kier alpha value is -1.91. The molecule has 2 aliphatic rings. The number of unbranched alkanes of at least 4 members (excludes halogenated alkanes) is 1. The first-order valence-electron chi connectivity index (χ1n) is 10.7. The molecule has 1 aliphatic carbocycles. The lowest BCUT2D eigenvalue weighted by molar-refractivity contribution is -0.136. The zero-order valence-corrected chi connectivity index (χ0v) is 16.6. The van der Waals surface area contributed by atoms with Gasteiger partial charge in [0.15, 0.2) is 0 Å². The number of hydrogen-bond acceptors (Lipinski definition) is 3. The fourth-order valence-electron chi connectivity index (χ4n) is 4.47. The van der Waals surface area contributed by atoms with Crippen LogP contribution in [-0.4, -0.2) is 52.8 Å². The highest BCUT2D eigenvalue weighted by molar-refractivity contribution is 5.94. The maximum absolute atomic E-state index is 13.0. The predicted molar refractivity (Wildman–Crippen MR) is 106 cm³/mol. The number of pyridine rings is 1. The van der Waals surface area contributed by atoms with E-state index < -0.39 is 0 Å². The molecule has 148 valence electrons. The van der Waals surface area contributed by atoms with Crippen molar-refractivity contribution in [3.05, 3.63) is 30.1 Å². The average Bonchev–Trinajstić information content (AvgIpc) is 2.98. The smallest absolute Gasteiger partial charge is 0.254 e. The van der Waals surface area contributed by atoms with Gasteiger partial charge in [-0.15, -0.1) is 0 Å². The number of rotatable bonds is 5. The van der Waals surface area contributed by atoms with Crippen molar-refractivity contribution >= 4 is 11.8 Å². The molecule has 5 nitrogen and oxygen atoms in total. The molecule has 5 heteroatoms. The molecular weight excluding hydrogens is 338 g/mol. The van der Waals surface area contributed by atoms with Crippen LogP contribution in [0.3, 0.4) is 0 Å². The molecule has 27 heavy (non-hydrogen) atoms. The van der Waals surface area contributed by atoms with Crippen molar-refractivity contribution in [3.63, 3.8) is 0 Å². The molecule has 3 rings (SSSR count). The summed E-state index contributed by atoms with van der Waals surface area (Å²) < 4.78 is 0. The molecule has 1 aromatic heterocycles. The summed E-state index contributed by atoms with van der Waals surface area (Å²) in [5, 5.41) is 0. The van der Waals surface area contributed by atoms with E-state index in [1.807, 2.05) is 9.80 Å². The first-order valence-corrected chi connectivity index (χ1v) is 10.7. The Morgan fingerprint density at radius 3 is 2.37 bits per heavy atom. The van der Waals surface area contributed by atoms with Gasteiger partial charge < -0.3 is 9.80 Å². The largest absolute Gasteiger partial charge is 0.341 e. The summed E-state index contributed by atoms with van der Waals surface area (Å²) in [5.74, 6) is 1.39. The van der Waals surface area contributed by atoms with E-state index in [1.165, 1.54) is 32.1 Å². The highest BCUT2D eigenvalue weighted by atomic mass is 16.2. The van der Waals surface area contributed by atoms with Crippen LogP contribution in [0.25, 0.3) is 0 Å². The van der Waals surface area contributed by atoms with Crippen LogP contribution in [0.2, 0.25) is 0 Å². The number of carbonyl (C=O) groups excluding carboxylic acids is 2. The molecule has 2 amide bonds. The van der Waals surface area contributed by atoms with Gasteiger partial charge in [0.05, 0.1) is 0 Å². The number of nitrogens with zero attached hydrogens (tertiary/aromatic N) is 3. The molecule has 0 radical (unpaired) electrons. The molecule has 1 saturated carbocycles. The molecule has 0 unspecified atom stereocenters. The second-order valence-electron chi connectivity index (χ2n) is 8.07. The van der Waals surface area contributed by atoms with Crippen LogP contribution in [0.15, 0.2) is 24.5 Å². The summed E-state index contributed by atoms with van der Waals surface area (Å²) in [6.07, 6.45) is 12.6. The number of aromatic nitrogens is 1. The maximum atomic E-state index is 13.0. The summed E-state index contributed by atoms with van der Waals surface area (Å²) in [6.45, 7) is 5.02. The third kappa shape index (κ3) is 5.30.